The van der Waals surface area contributed by atoms with Crippen LogP contribution in [0.15, 0.2) is 461 Å². The van der Waals surface area contributed by atoms with Crippen LogP contribution in [0, 0.1) is 0 Å². The number of aromatic nitrogens is 14. The predicted molar refractivity (Wildman–Crippen MR) is 575 cm³/mol. The maximum Gasteiger partial charge on any atom is 0.240 e. The van der Waals surface area contributed by atoms with E-state index < -0.39 is 0 Å². The van der Waals surface area contributed by atoms with Crippen molar-refractivity contribution in [1.29, 1.82) is 0 Å². The van der Waals surface area contributed by atoms with E-state index in [1.54, 1.807) is 0 Å². The summed E-state index contributed by atoms with van der Waals surface area (Å²) in [5, 5.41) is 17.8. The number of rotatable bonds is 13. The SMILES string of the molecule is c1ccc(-c2nc(-c3cccc(-n4c5ccccc5c5ccc6c7ccccc7n(-c7ccccc7)c6c54)c3)nc(-c3cccc(-n4c5ccc(-c6cc7c8ccccc8n(-c8ccccc8)c7c7c6c6ccccc6n7-c6nc(-c7ccccc7)nc(-n7c8ccccc8c8ccc9c%10ccccc%10n(-c%10ccccc%10)c9c87)n6)cc5c5ccc6c7ccccc7n(-c7ccccc7)c6c54)c3)n2)cc1. The van der Waals surface area contributed by atoms with Crippen LogP contribution < -0.4 is 0 Å². The van der Waals surface area contributed by atoms with E-state index in [9.17, 15) is 0 Å². The number of para-hydroxylation sites is 11. The Hall–Kier alpha value is -19.2. The van der Waals surface area contributed by atoms with Gasteiger partial charge in [0.25, 0.3) is 0 Å². The molecule has 650 valence electrons. The highest BCUT2D eigenvalue weighted by atomic mass is 15.3. The summed E-state index contributed by atoms with van der Waals surface area (Å²) in [6, 6.07) is 166. The van der Waals surface area contributed by atoms with Crippen LogP contribution in [-0.4, -0.2) is 66.4 Å². The van der Waals surface area contributed by atoms with Gasteiger partial charge in [-0.1, -0.05) is 328 Å². The number of hydrogen-bond donors (Lipinski definition) is 0. The quantitative estimate of drug-likeness (QED) is 0.113. The average Bonchev–Trinajstić information content (AvgIpc) is 1.53. The maximum atomic E-state index is 6.03. The molecule has 0 radical (unpaired) electrons. The van der Waals surface area contributed by atoms with Gasteiger partial charge in [0.05, 0.1) is 88.3 Å². The zero-order valence-electron chi connectivity index (χ0n) is 75.1. The lowest BCUT2D eigenvalue weighted by molar-refractivity contribution is 0.893. The molecule has 0 amide bonds. The topological polar surface area (TPSA) is 117 Å². The van der Waals surface area contributed by atoms with Crippen molar-refractivity contribution in [2.75, 3.05) is 0 Å². The molecule has 0 N–H and O–H groups in total. The number of benzene rings is 20. The van der Waals surface area contributed by atoms with Crippen molar-refractivity contribution >= 4 is 174 Å². The lowest BCUT2D eigenvalue weighted by Gasteiger charge is -2.16. The Morgan fingerprint density at radius 3 is 0.750 bits per heavy atom. The minimum atomic E-state index is 0.462. The number of hydrogen-bond acceptors (Lipinski definition) is 6. The molecule has 10 aromatic heterocycles. The van der Waals surface area contributed by atoms with Crippen molar-refractivity contribution in [1.82, 2.24) is 66.4 Å². The molecule has 0 fully saturated rings. The highest BCUT2D eigenvalue weighted by Gasteiger charge is 2.32. The molecule has 0 aliphatic carbocycles. The summed E-state index contributed by atoms with van der Waals surface area (Å²) in [5.74, 6) is 3.11. The van der Waals surface area contributed by atoms with Gasteiger partial charge in [-0.3, -0.25) is 9.13 Å². The maximum absolute atomic E-state index is 6.03. The molecule has 140 heavy (non-hydrogen) atoms. The Balaban J connectivity index is 0.659. The summed E-state index contributed by atoms with van der Waals surface area (Å²) >= 11 is 0. The second-order valence-corrected chi connectivity index (χ2v) is 36.4. The summed E-state index contributed by atoms with van der Waals surface area (Å²) in [4.78, 5) is 34.2. The Bertz CT molecular complexity index is 10500. The fourth-order valence-corrected chi connectivity index (χ4v) is 23.1. The first-order valence-corrected chi connectivity index (χ1v) is 47.5. The number of nitrogens with zero attached hydrogens (tertiary/aromatic N) is 14. The van der Waals surface area contributed by atoms with Crippen molar-refractivity contribution in [3.05, 3.63) is 461 Å². The van der Waals surface area contributed by atoms with Gasteiger partial charge in [-0.05, 0) is 145 Å². The summed E-state index contributed by atoms with van der Waals surface area (Å²) in [5.41, 5.74) is 28.4. The molecule has 0 spiro atoms. The summed E-state index contributed by atoms with van der Waals surface area (Å²) < 4.78 is 19.4. The molecule has 30 rings (SSSR count). The molecule has 0 unspecified atom stereocenters. The van der Waals surface area contributed by atoms with E-state index in [0.29, 0.717) is 35.2 Å². The van der Waals surface area contributed by atoms with E-state index in [2.05, 4.69) is 492 Å². The van der Waals surface area contributed by atoms with E-state index >= 15 is 0 Å². The largest absolute Gasteiger partial charge is 0.307 e. The second-order valence-electron chi connectivity index (χ2n) is 36.4. The molecular formula is C126H76N14. The van der Waals surface area contributed by atoms with Crippen molar-refractivity contribution < 1.29 is 0 Å². The summed E-state index contributed by atoms with van der Waals surface area (Å²) in [7, 11) is 0. The Kier molecular flexibility index (Phi) is 16.6. The van der Waals surface area contributed by atoms with Crippen LogP contribution in [0.5, 0.6) is 0 Å². The first-order valence-electron chi connectivity index (χ1n) is 47.5. The Labute approximate surface area is 799 Å². The van der Waals surface area contributed by atoms with Gasteiger partial charge in [-0.15, -0.1) is 0 Å². The van der Waals surface area contributed by atoms with Gasteiger partial charge in [-0.25, -0.2) is 15.0 Å². The lowest BCUT2D eigenvalue weighted by Crippen LogP contribution is -2.11. The molecule has 30 aromatic rings. The van der Waals surface area contributed by atoms with Gasteiger partial charge in [0.15, 0.2) is 23.3 Å². The van der Waals surface area contributed by atoms with E-state index in [4.69, 9.17) is 29.9 Å². The van der Waals surface area contributed by atoms with E-state index in [0.717, 1.165) is 231 Å². The molecule has 14 nitrogen and oxygen atoms in total. The average molecular weight is 1790 g/mol. The zero-order chi connectivity index (χ0) is 91.5. The molecular weight excluding hydrogens is 1710 g/mol. The third-order valence-electron chi connectivity index (χ3n) is 28.9. The van der Waals surface area contributed by atoms with Crippen molar-refractivity contribution in [3.8, 4) is 103 Å². The predicted octanol–water partition coefficient (Wildman–Crippen LogP) is 31.2. The normalized spacial score (nSPS) is 12.1. The van der Waals surface area contributed by atoms with Crippen molar-refractivity contribution in [3.63, 3.8) is 0 Å². The van der Waals surface area contributed by atoms with E-state index in [1.165, 1.54) is 10.8 Å². The third kappa shape index (κ3) is 11.3. The minimum absolute atomic E-state index is 0.462. The first-order chi connectivity index (χ1) is 69.5. The standard InChI is InChI=1S/C126H76N14/c1-7-35-77(36-8-1)121-127-123(80-39-33-49-86(73-80)137-107-61-29-22-54-91(107)96-67-66-94-88-51-19-26-58-104(88)133(113(94)115(96)137)82-41-11-3-12-42-82)129-124(128-121)81-40-34-50-87(74-81)138-111-72-65-79(75-102(111)99-71-70-95-89-52-20-27-59-105(89)134(114(95)117(99)138)83-43-13-4-14-44-83)101-76-103-93-56-24-30-62-108(93)136(85-47-17-6-18-48-85)119(103)120-112(101)100-57-25-32-64-110(100)140(120)126-131-122(78-37-9-2-10-38-78)130-125(132-126)139-109-63-31-23-55-92(109)98-69-68-97-90-53-21-28-60-106(90)135(116(97)118(98)139)84-45-15-5-16-46-84/h1-76H. The molecule has 0 saturated carbocycles. The van der Waals surface area contributed by atoms with Gasteiger partial charge in [0, 0.05) is 143 Å². The fraction of sp³-hybridized carbons (Fsp3) is 0. The van der Waals surface area contributed by atoms with Crippen LogP contribution in [0.3, 0.4) is 0 Å². The minimum Gasteiger partial charge on any atom is -0.307 e. The molecule has 0 saturated heterocycles. The monoisotopic (exact) mass is 1780 g/mol. The highest BCUT2D eigenvalue weighted by Crippen LogP contribution is 2.52. The molecule has 0 aliphatic rings. The third-order valence-corrected chi connectivity index (χ3v) is 28.9. The van der Waals surface area contributed by atoms with Crippen molar-refractivity contribution in [2.45, 2.75) is 0 Å². The van der Waals surface area contributed by atoms with Crippen LogP contribution in [0.25, 0.3) is 277 Å². The molecule has 14 heteroatoms. The van der Waals surface area contributed by atoms with Crippen LogP contribution in [0.2, 0.25) is 0 Å². The molecule has 20 aromatic carbocycles. The van der Waals surface area contributed by atoms with E-state index in [-0.39, 0.29) is 0 Å². The van der Waals surface area contributed by atoms with Crippen molar-refractivity contribution in [2.24, 2.45) is 0 Å². The smallest absolute Gasteiger partial charge is 0.240 e. The van der Waals surface area contributed by atoms with Gasteiger partial charge >= 0.3 is 0 Å². The van der Waals surface area contributed by atoms with Gasteiger partial charge in [0.2, 0.25) is 11.9 Å². The molecule has 0 atom stereocenters. The van der Waals surface area contributed by atoms with Gasteiger partial charge in [0.1, 0.15) is 0 Å². The molecule has 0 aliphatic heterocycles. The summed E-state index contributed by atoms with van der Waals surface area (Å²) in [6.45, 7) is 0. The summed E-state index contributed by atoms with van der Waals surface area (Å²) in [6.07, 6.45) is 0. The van der Waals surface area contributed by atoms with Gasteiger partial charge < -0.3 is 27.4 Å². The van der Waals surface area contributed by atoms with Gasteiger partial charge in [-0.2, -0.15) is 15.0 Å². The lowest BCUT2D eigenvalue weighted by atomic mass is 9.95. The van der Waals surface area contributed by atoms with Crippen LogP contribution >= 0.6 is 0 Å². The Morgan fingerprint density at radius 1 is 0.129 bits per heavy atom. The van der Waals surface area contributed by atoms with Crippen LogP contribution in [-0.2, 0) is 0 Å². The fourth-order valence-electron chi connectivity index (χ4n) is 23.1. The van der Waals surface area contributed by atoms with Crippen LogP contribution in [0.4, 0.5) is 0 Å². The molecule has 0 bridgehead atoms. The molecule has 10 heterocycles. The Morgan fingerprint density at radius 2 is 0.379 bits per heavy atom. The van der Waals surface area contributed by atoms with E-state index in [1.807, 2.05) is 6.07 Å². The zero-order valence-corrected chi connectivity index (χ0v) is 75.1. The van der Waals surface area contributed by atoms with Crippen LogP contribution in [0.1, 0.15) is 0 Å². The number of fused-ring (bicyclic) bond motifs is 28. The second kappa shape index (κ2) is 30.2. The first kappa shape index (κ1) is 77.3. The highest BCUT2D eigenvalue weighted by molar-refractivity contribution is 6.31.